The third-order valence-electron chi connectivity index (χ3n) is 2.93. The molecule has 4 nitrogen and oxygen atoms in total. The van der Waals surface area contributed by atoms with E-state index in [1.165, 1.54) is 0 Å². The first-order valence-electron chi connectivity index (χ1n) is 7.20. The topological polar surface area (TPSA) is 64.4 Å². The molecule has 1 amide bonds. The van der Waals surface area contributed by atoms with Gasteiger partial charge in [-0.3, -0.25) is 4.79 Å². The quantitative estimate of drug-likeness (QED) is 0.812. The fourth-order valence-electron chi connectivity index (χ4n) is 1.89. The second-order valence-corrected chi connectivity index (χ2v) is 5.54. The zero-order valence-corrected chi connectivity index (χ0v) is 14.1. The Balaban J connectivity index is 0.00000400. The molecule has 2 atom stereocenters. The molecule has 0 saturated heterocycles. The first kappa shape index (κ1) is 19.7. The maximum absolute atomic E-state index is 11.8. The lowest BCUT2D eigenvalue weighted by atomic mass is 10.1. The third kappa shape index (κ3) is 7.93. The average molecular weight is 315 g/mol. The predicted molar refractivity (Wildman–Crippen MR) is 88.9 cm³/mol. The first-order chi connectivity index (χ1) is 9.38. The van der Waals surface area contributed by atoms with E-state index < -0.39 is 0 Å². The Morgan fingerprint density at radius 1 is 1.29 bits per heavy atom. The summed E-state index contributed by atoms with van der Waals surface area (Å²) in [4.78, 5) is 11.8. The van der Waals surface area contributed by atoms with Crippen molar-refractivity contribution in [1.29, 1.82) is 0 Å². The van der Waals surface area contributed by atoms with Gasteiger partial charge in [0.2, 0.25) is 5.91 Å². The van der Waals surface area contributed by atoms with Crippen molar-refractivity contribution in [3.05, 3.63) is 29.8 Å². The summed E-state index contributed by atoms with van der Waals surface area (Å²) in [5, 5.41) is 2.98. The van der Waals surface area contributed by atoms with Gasteiger partial charge in [0.15, 0.2) is 0 Å². The molecule has 0 aliphatic heterocycles. The smallest absolute Gasteiger partial charge is 0.220 e. The van der Waals surface area contributed by atoms with E-state index in [1.54, 1.807) is 0 Å². The monoisotopic (exact) mass is 314 g/mol. The van der Waals surface area contributed by atoms with Gasteiger partial charge in [-0.05, 0) is 51.8 Å². The molecule has 1 rings (SSSR count). The molecule has 21 heavy (non-hydrogen) atoms. The fraction of sp³-hybridized carbons (Fsp3) is 0.562. The van der Waals surface area contributed by atoms with Crippen molar-refractivity contribution in [2.75, 3.05) is 0 Å². The van der Waals surface area contributed by atoms with Crippen LogP contribution in [-0.4, -0.2) is 18.1 Å². The summed E-state index contributed by atoms with van der Waals surface area (Å²) in [7, 11) is 0. The van der Waals surface area contributed by atoms with Gasteiger partial charge in [-0.15, -0.1) is 12.4 Å². The molecule has 0 aliphatic carbocycles. The number of hydrogen-bond acceptors (Lipinski definition) is 3. The van der Waals surface area contributed by atoms with Crippen LogP contribution in [-0.2, 0) is 4.79 Å². The molecule has 0 fully saturated rings. The molecular weight excluding hydrogens is 288 g/mol. The number of rotatable bonds is 7. The summed E-state index contributed by atoms with van der Waals surface area (Å²) in [5.41, 5.74) is 6.69. The maximum Gasteiger partial charge on any atom is 0.220 e. The molecule has 0 radical (unpaired) electrons. The van der Waals surface area contributed by atoms with Gasteiger partial charge >= 0.3 is 0 Å². The highest BCUT2D eigenvalue weighted by Gasteiger charge is 2.11. The summed E-state index contributed by atoms with van der Waals surface area (Å²) in [6, 6.07) is 7.84. The molecule has 120 valence electrons. The summed E-state index contributed by atoms with van der Waals surface area (Å²) < 4.78 is 5.66. The van der Waals surface area contributed by atoms with Crippen LogP contribution in [0.25, 0.3) is 0 Å². The predicted octanol–water partition coefficient (Wildman–Crippen LogP) is 3.20. The molecule has 1 aromatic rings. The Bertz CT molecular complexity index is 436. The van der Waals surface area contributed by atoms with Gasteiger partial charge < -0.3 is 15.8 Å². The molecule has 0 spiro atoms. The van der Waals surface area contributed by atoms with Crippen molar-refractivity contribution in [2.45, 2.75) is 58.7 Å². The van der Waals surface area contributed by atoms with Gasteiger partial charge in [-0.2, -0.15) is 0 Å². The molecule has 0 aromatic heterocycles. The highest BCUT2D eigenvalue weighted by molar-refractivity contribution is 5.85. The number of nitrogens with one attached hydrogen (secondary N) is 1. The minimum Gasteiger partial charge on any atom is -0.491 e. The number of hydrogen-bond donors (Lipinski definition) is 2. The van der Waals surface area contributed by atoms with Crippen LogP contribution < -0.4 is 15.8 Å². The molecule has 3 N–H and O–H groups in total. The molecule has 0 saturated carbocycles. The maximum atomic E-state index is 11.8. The fourth-order valence-corrected chi connectivity index (χ4v) is 1.89. The van der Waals surface area contributed by atoms with Crippen LogP contribution in [0, 0.1) is 0 Å². The lowest BCUT2D eigenvalue weighted by molar-refractivity contribution is -0.121. The minimum absolute atomic E-state index is 0. The Hall–Kier alpha value is -1.26. The van der Waals surface area contributed by atoms with Crippen LogP contribution in [0.4, 0.5) is 0 Å². The van der Waals surface area contributed by atoms with Crippen molar-refractivity contribution >= 4 is 18.3 Å². The van der Waals surface area contributed by atoms with E-state index in [-0.39, 0.29) is 36.5 Å². The number of benzene rings is 1. The van der Waals surface area contributed by atoms with E-state index >= 15 is 0 Å². The van der Waals surface area contributed by atoms with Crippen molar-refractivity contribution in [2.24, 2.45) is 5.73 Å². The zero-order chi connectivity index (χ0) is 15.1. The second kappa shape index (κ2) is 9.64. The van der Waals surface area contributed by atoms with Crippen LogP contribution in [0.2, 0.25) is 0 Å². The zero-order valence-electron chi connectivity index (χ0n) is 13.3. The van der Waals surface area contributed by atoms with Crippen LogP contribution in [0.3, 0.4) is 0 Å². The number of nitrogens with two attached hydrogens (primary N) is 1. The largest absolute Gasteiger partial charge is 0.491 e. The highest BCUT2D eigenvalue weighted by atomic mass is 35.5. The number of carbonyl (C=O) groups is 1. The van der Waals surface area contributed by atoms with E-state index in [0.29, 0.717) is 12.8 Å². The van der Waals surface area contributed by atoms with Crippen LogP contribution in [0.1, 0.15) is 52.1 Å². The van der Waals surface area contributed by atoms with E-state index in [4.69, 9.17) is 10.5 Å². The van der Waals surface area contributed by atoms with Crippen LogP contribution in [0.15, 0.2) is 24.3 Å². The Labute approximate surface area is 133 Å². The third-order valence-corrected chi connectivity index (χ3v) is 2.93. The van der Waals surface area contributed by atoms with Gasteiger partial charge in [-0.1, -0.05) is 12.1 Å². The summed E-state index contributed by atoms with van der Waals surface area (Å²) >= 11 is 0. The number of carbonyl (C=O) groups excluding carboxylic acids is 1. The molecule has 0 heterocycles. The first-order valence-corrected chi connectivity index (χ1v) is 7.20. The lowest BCUT2D eigenvalue weighted by Gasteiger charge is -2.17. The molecule has 0 aliphatic rings. The molecule has 5 heteroatoms. The van der Waals surface area contributed by atoms with Crippen molar-refractivity contribution in [1.82, 2.24) is 5.32 Å². The van der Waals surface area contributed by atoms with E-state index in [0.717, 1.165) is 11.3 Å². The molecule has 1 aromatic carbocycles. The van der Waals surface area contributed by atoms with Crippen molar-refractivity contribution < 1.29 is 9.53 Å². The van der Waals surface area contributed by atoms with Crippen molar-refractivity contribution in [3.63, 3.8) is 0 Å². The molecular formula is C16H27ClN2O2. The Morgan fingerprint density at radius 2 is 1.95 bits per heavy atom. The van der Waals surface area contributed by atoms with Gasteiger partial charge in [0.1, 0.15) is 5.75 Å². The number of amides is 1. The number of halogens is 1. The van der Waals surface area contributed by atoms with Crippen LogP contribution >= 0.6 is 12.4 Å². The molecule has 2 unspecified atom stereocenters. The normalized spacial score (nSPS) is 13.2. The second-order valence-electron chi connectivity index (χ2n) is 5.54. The van der Waals surface area contributed by atoms with E-state index in [1.807, 2.05) is 52.0 Å². The Kier molecular flexibility index (Phi) is 9.06. The SMILES string of the molecule is CC(N)CCC(=O)NC(C)c1cccc(OC(C)C)c1.Cl. The number of ether oxygens (including phenoxy) is 1. The van der Waals surface area contributed by atoms with Crippen LogP contribution in [0.5, 0.6) is 5.75 Å². The molecule has 0 bridgehead atoms. The van der Waals surface area contributed by atoms with Gasteiger partial charge in [-0.25, -0.2) is 0 Å². The summed E-state index contributed by atoms with van der Waals surface area (Å²) in [5.74, 6) is 0.860. The summed E-state index contributed by atoms with van der Waals surface area (Å²) in [6.07, 6.45) is 1.31. The lowest BCUT2D eigenvalue weighted by Crippen LogP contribution is -2.28. The van der Waals surface area contributed by atoms with Gasteiger partial charge in [0.25, 0.3) is 0 Å². The average Bonchev–Trinajstić information content (AvgIpc) is 2.36. The van der Waals surface area contributed by atoms with Gasteiger partial charge in [0.05, 0.1) is 12.1 Å². The Morgan fingerprint density at radius 3 is 2.52 bits per heavy atom. The standard InChI is InChI=1S/C16H26N2O2.ClH/c1-11(2)20-15-7-5-6-14(10-15)13(4)18-16(19)9-8-12(3)17;/h5-7,10-13H,8-9,17H2,1-4H3,(H,18,19);1H. The highest BCUT2D eigenvalue weighted by Crippen LogP contribution is 2.20. The van der Waals surface area contributed by atoms with E-state index in [2.05, 4.69) is 5.32 Å². The minimum atomic E-state index is -0.0358. The van der Waals surface area contributed by atoms with E-state index in [9.17, 15) is 4.79 Å². The van der Waals surface area contributed by atoms with Crippen molar-refractivity contribution in [3.8, 4) is 5.75 Å². The summed E-state index contributed by atoms with van der Waals surface area (Å²) in [6.45, 7) is 7.86. The van der Waals surface area contributed by atoms with Gasteiger partial charge in [0, 0.05) is 12.5 Å².